The number of rotatable bonds is 7. The molecule has 0 heterocycles. The first-order valence-electron chi connectivity index (χ1n) is 7.73. The van der Waals surface area contributed by atoms with Crippen LogP contribution in [0.25, 0.3) is 0 Å². The lowest BCUT2D eigenvalue weighted by Crippen LogP contribution is -2.41. The third-order valence-electron chi connectivity index (χ3n) is 3.50. The zero-order valence-corrected chi connectivity index (χ0v) is 13.2. The van der Waals surface area contributed by atoms with Crippen LogP contribution in [0.1, 0.15) is 24.8 Å². The fraction of sp³-hybridized carbons (Fsp3) is 0.278. The summed E-state index contributed by atoms with van der Waals surface area (Å²) in [5.41, 5.74) is 7.35. The molecule has 0 aliphatic rings. The number of anilines is 1. The third-order valence-corrected chi connectivity index (χ3v) is 3.50. The van der Waals surface area contributed by atoms with Gasteiger partial charge in [-0.1, -0.05) is 48.5 Å². The first kappa shape index (κ1) is 16.8. The Morgan fingerprint density at radius 3 is 2.26 bits per heavy atom. The average Bonchev–Trinajstić information content (AvgIpc) is 2.58. The molecule has 2 unspecified atom stereocenters. The van der Waals surface area contributed by atoms with E-state index in [-0.39, 0.29) is 11.9 Å². The van der Waals surface area contributed by atoms with E-state index in [1.807, 2.05) is 60.7 Å². The molecule has 0 bridgehead atoms. The van der Waals surface area contributed by atoms with Crippen molar-refractivity contribution in [2.24, 2.45) is 0 Å². The summed E-state index contributed by atoms with van der Waals surface area (Å²) in [6.07, 6.45) is 0.170. The summed E-state index contributed by atoms with van der Waals surface area (Å²) in [4.78, 5) is 11.9. The summed E-state index contributed by atoms with van der Waals surface area (Å²) in [5, 5.41) is 12.5. The maximum atomic E-state index is 11.9. The summed E-state index contributed by atoms with van der Waals surface area (Å²) >= 11 is 0. The number of aliphatic hydroxyl groups is 1. The second-order valence-corrected chi connectivity index (χ2v) is 5.52. The van der Waals surface area contributed by atoms with Crippen LogP contribution in [-0.2, 0) is 0 Å². The van der Waals surface area contributed by atoms with Crippen LogP contribution in [0.4, 0.5) is 10.5 Å². The van der Waals surface area contributed by atoms with Gasteiger partial charge in [-0.25, -0.2) is 4.79 Å². The lowest BCUT2D eigenvalue weighted by molar-refractivity contribution is 0.173. The van der Waals surface area contributed by atoms with Crippen LogP contribution in [0.15, 0.2) is 60.7 Å². The van der Waals surface area contributed by atoms with Crippen molar-refractivity contribution < 1.29 is 9.90 Å². The monoisotopic (exact) mass is 313 g/mol. The van der Waals surface area contributed by atoms with Gasteiger partial charge in [0.25, 0.3) is 0 Å². The summed E-state index contributed by atoms with van der Waals surface area (Å²) in [6, 6.07) is 19.0. The van der Waals surface area contributed by atoms with Gasteiger partial charge < -0.3 is 10.4 Å². The van der Waals surface area contributed by atoms with Gasteiger partial charge in [-0.2, -0.15) is 0 Å². The molecular weight excluding hydrogens is 290 g/mol. The van der Waals surface area contributed by atoms with Crippen LogP contribution in [0.5, 0.6) is 0 Å². The second-order valence-electron chi connectivity index (χ2n) is 5.52. The normalized spacial score (nSPS) is 13.0. The Kier molecular flexibility index (Phi) is 6.44. The molecule has 122 valence electrons. The van der Waals surface area contributed by atoms with Crippen molar-refractivity contribution in [1.82, 2.24) is 10.7 Å². The van der Waals surface area contributed by atoms with Gasteiger partial charge in [0.2, 0.25) is 0 Å². The highest BCUT2D eigenvalue weighted by Crippen LogP contribution is 2.20. The molecule has 2 aromatic rings. The van der Waals surface area contributed by atoms with Gasteiger partial charge >= 0.3 is 6.03 Å². The number of hydrazine groups is 1. The Labute approximate surface area is 136 Å². The molecule has 5 nitrogen and oxygen atoms in total. The predicted molar refractivity (Wildman–Crippen MR) is 92.1 cm³/mol. The summed E-state index contributed by atoms with van der Waals surface area (Å²) in [5.74, 6) is 0.0682. The largest absolute Gasteiger partial charge is 0.393 e. The van der Waals surface area contributed by atoms with E-state index in [2.05, 4.69) is 16.2 Å². The van der Waals surface area contributed by atoms with E-state index in [9.17, 15) is 9.90 Å². The van der Waals surface area contributed by atoms with Crippen LogP contribution in [0.3, 0.4) is 0 Å². The molecule has 0 radical (unpaired) electrons. The van der Waals surface area contributed by atoms with E-state index in [0.29, 0.717) is 13.0 Å². The number of hydrogen-bond donors (Lipinski definition) is 4. The molecule has 2 amide bonds. The Balaban J connectivity index is 1.84. The molecular formula is C18H23N3O2. The minimum absolute atomic E-state index is 0.0682. The molecule has 0 saturated heterocycles. The smallest absolute Gasteiger partial charge is 0.333 e. The number of hydrogen-bond acceptors (Lipinski definition) is 3. The van der Waals surface area contributed by atoms with Crippen LogP contribution in [0, 0.1) is 0 Å². The van der Waals surface area contributed by atoms with Crippen molar-refractivity contribution in [1.29, 1.82) is 0 Å². The van der Waals surface area contributed by atoms with Gasteiger partial charge in [0, 0.05) is 12.5 Å². The molecule has 0 aliphatic carbocycles. The van der Waals surface area contributed by atoms with Crippen molar-refractivity contribution >= 4 is 11.7 Å². The molecule has 4 N–H and O–H groups in total. The van der Waals surface area contributed by atoms with Gasteiger partial charge in [0.1, 0.15) is 0 Å². The van der Waals surface area contributed by atoms with Crippen molar-refractivity contribution in [3.63, 3.8) is 0 Å². The molecule has 0 saturated carbocycles. The standard InChI is InChI=1S/C18H23N3O2/c1-14(22)12-16(15-8-4-2-5-9-15)13-19-18(23)21-20-17-10-6-3-7-11-17/h2-11,14,16,20,22H,12-13H2,1H3,(H2,19,21,23). The zero-order chi connectivity index (χ0) is 16.5. The molecule has 5 heteroatoms. The number of aliphatic hydroxyl groups excluding tert-OH is 1. The minimum atomic E-state index is -0.424. The maximum Gasteiger partial charge on any atom is 0.333 e. The molecule has 2 aromatic carbocycles. The fourth-order valence-electron chi connectivity index (χ4n) is 2.38. The number of nitrogens with one attached hydrogen (secondary N) is 3. The van der Waals surface area contributed by atoms with Crippen molar-refractivity contribution in [3.8, 4) is 0 Å². The summed E-state index contributed by atoms with van der Waals surface area (Å²) in [7, 11) is 0. The molecule has 0 spiro atoms. The first-order valence-corrected chi connectivity index (χ1v) is 7.73. The number of para-hydroxylation sites is 1. The van der Waals surface area contributed by atoms with Crippen LogP contribution in [-0.4, -0.2) is 23.8 Å². The van der Waals surface area contributed by atoms with E-state index >= 15 is 0 Å². The second kappa shape index (κ2) is 8.80. The Hall–Kier alpha value is -2.53. The molecule has 0 fully saturated rings. The first-order chi connectivity index (χ1) is 11.1. The minimum Gasteiger partial charge on any atom is -0.393 e. The molecule has 0 aliphatic heterocycles. The molecule has 23 heavy (non-hydrogen) atoms. The number of urea groups is 1. The fourth-order valence-corrected chi connectivity index (χ4v) is 2.38. The third kappa shape index (κ3) is 6.00. The highest BCUT2D eigenvalue weighted by Gasteiger charge is 2.15. The highest BCUT2D eigenvalue weighted by molar-refractivity contribution is 5.75. The van der Waals surface area contributed by atoms with Gasteiger partial charge in [-0.3, -0.25) is 10.9 Å². The van der Waals surface area contributed by atoms with Crippen LogP contribution >= 0.6 is 0 Å². The van der Waals surface area contributed by atoms with Crippen molar-refractivity contribution in [3.05, 3.63) is 66.2 Å². The van der Waals surface area contributed by atoms with E-state index in [0.717, 1.165) is 11.3 Å². The van der Waals surface area contributed by atoms with Crippen LogP contribution < -0.4 is 16.2 Å². The number of carbonyl (C=O) groups excluding carboxylic acids is 1. The van der Waals surface area contributed by atoms with E-state index < -0.39 is 6.10 Å². The average molecular weight is 313 g/mol. The van der Waals surface area contributed by atoms with Crippen molar-refractivity contribution in [2.45, 2.75) is 25.4 Å². The lowest BCUT2D eigenvalue weighted by Gasteiger charge is -2.20. The highest BCUT2D eigenvalue weighted by atomic mass is 16.3. The van der Waals surface area contributed by atoms with E-state index in [4.69, 9.17) is 0 Å². The number of carbonyl (C=O) groups is 1. The molecule has 2 atom stereocenters. The summed E-state index contributed by atoms with van der Waals surface area (Å²) in [6.45, 7) is 2.21. The SMILES string of the molecule is CC(O)CC(CNC(=O)NNc1ccccc1)c1ccccc1. The number of amides is 2. The Bertz CT molecular complexity index is 588. The number of benzene rings is 2. The Morgan fingerprint density at radius 1 is 1.04 bits per heavy atom. The van der Waals surface area contributed by atoms with E-state index in [1.165, 1.54) is 0 Å². The van der Waals surface area contributed by atoms with Gasteiger partial charge in [-0.15, -0.1) is 0 Å². The van der Waals surface area contributed by atoms with Gasteiger partial charge in [-0.05, 0) is 31.0 Å². The van der Waals surface area contributed by atoms with Crippen LogP contribution in [0.2, 0.25) is 0 Å². The quantitative estimate of drug-likeness (QED) is 0.594. The van der Waals surface area contributed by atoms with Gasteiger partial charge in [0.15, 0.2) is 0 Å². The lowest BCUT2D eigenvalue weighted by atomic mass is 9.93. The molecule has 0 aromatic heterocycles. The van der Waals surface area contributed by atoms with Gasteiger partial charge in [0.05, 0.1) is 11.8 Å². The predicted octanol–water partition coefficient (Wildman–Crippen LogP) is 2.87. The topological polar surface area (TPSA) is 73.4 Å². The molecule has 2 rings (SSSR count). The zero-order valence-electron chi connectivity index (χ0n) is 13.2. The maximum absolute atomic E-state index is 11.9. The van der Waals surface area contributed by atoms with Crippen molar-refractivity contribution in [2.75, 3.05) is 12.0 Å². The Morgan fingerprint density at radius 2 is 1.65 bits per heavy atom. The van der Waals surface area contributed by atoms with E-state index in [1.54, 1.807) is 6.92 Å². The summed E-state index contributed by atoms with van der Waals surface area (Å²) < 4.78 is 0.